The van der Waals surface area contributed by atoms with E-state index in [1.807, 2.05) is 4.90 Å². The Morgan fingerprint density at radius 3 is 2.94 bits per heavy atom. The quantitative estimate of drug-likeness (QED) is 0.725. The normalized spacial score (nSPS) is 31.2. The van der Waals surface area contributed by atoms with Crippen molar-refractivity contribution in [2.75, 3.05) is 45.9 Å². The van der Waals surface area contributed by atoms with Gasteiger partial charge in [0.1, 0.15) is 0 Å². The van der Waals surface area contributed by atoms with Crippen molar-refractivity contribution >= 4 is 5.91 Å². The highest BCUT2D eigenvalue weighted by Crippen LogP contribution is 2.18. The summed E-state index contributed by atoms with van der Waals surface area (Å²) in [5, 5.41) is 9.07. The van der Waals surface area contributed by atoms with Gasteiger partial charge in [0.15, 0.2) is 0 Å². The van der Waals surface area contributed by atoms with Gasteiger partial charge in [-0.15, -0.1) is 0 Å². The van der Waals surface area contributed by atoms with Crippen molar-refractivity contribution < 1.29 is 14.6 Å². The average Bonchev–Trinajstić information content (AvgIpc) is 2.70. The fraction of sp³-hybridized carbons (Fsp3) is 0.917. The zero-order valence-electron chi connectivity index (χ0n) is 10.5. The van der Waals surface area contributed by atoms with Crippen LogP contribution in [0.3, 0.4) is 0 Å². The van der Waals surface area contributed by atoms with Crippen molar-refractivity contribution in [1.82, 2.24) is 9.80 Å². The van der Waals surface area contributed by atoms with Gasteiger partial charge in [-0.05, 0) is 6.54 Å². The molecule has 2 saturated heterocycles. The van der Waals surface area contributed by atoms with Gasteiger partial charge < -0.3 is 14.7 Å². The molecule has 2 fully saturated rings. The number of amides is 1. The summed E-state index contributed by atoms with van der Waals surface area (Å²) in [7, 11) is 0. The molecule has 0 aliphatic carbocycles. The second-order valence-electron chi connectivity index (χ2n) is 4.94. The summed E-state index contributed by atoms with van der Waals surface area (Å²) in [5.74, 6) is 0.273. The van der Waals surface area contributed by atoms with E-state index >= 15 is 0 Å². The standard InChI is InChI=1S/C12H22N2O3/c1-2-13-3-4-17-11(7-13)8-14-6-10(9-15)5-12(14)16/h10-11,15H,2-9H2,1H3. The van der Waals surface area contributed by atoms with Gasteiger partial charge in [0.05, 0.1) is 12.7 Å². The SMILES string of the molecule is CCN1CCOC(CN2CC(CO)CC2=O)C1. The number of carbonyl (C=O) groups excluding carboxylic acids is 1. The number of aliphatic hydroxyl groups is 1. The maximum atomic E-state index is 11.7. The first-order chi connectivity index (χ1) is 8.22. The second kappa shape index (κ2) is 5.80. The number of ether oxygens (including phenoxy) is 1. The van der Waals surface area contributed by atoms with Gasteiger partial charge in [-0.1, -0.05) is 6.92 Å². The van der Waals surface area contributed by atoms with Crippen molar-refractivity contribution in [3.8, 4) is 0 Å². The molecule has 98 valence electrons. The van der Waals surface area contributed by atoms with Crippen LogP contribution in [-0.4, -0.2) is 72.9 Å². The van der Waals surface area contributed by atoms with Crippen LogP contribution in [0, 0.1) is 5.92 Å². The van der Waals surface area contributed by atoms with E-state index in [0.717, 1.165) is 26.2 Å². The molecule has 5 nitrogen and oxygen atoms in total. The zero-order chi connectivity index (χ0) is 12.3. The van der Waals surface area contributed by atoms with Crippen molar-refractivity contribution in [2.45, 2.75) is 19.4 Å². The highest BCUT2D eigenvalue weighted by Gasteiger charge is 2.31. The van der Waals surface area contributed by atoms with Gasteiger partial charge in [0, 0.05) is 45.1 Å². The van der Waals surface area contributed by atoms with E-state index in [4.69, 9.17) is 9.84 Å². The first kappa shape index (κ1) is 12.8. The zero-order valence-corrected chi connectivity index (χ0v) is 10.5. The van der Waals surface area contributed by atoms with E-state index in [2.05, 4.69) is 11.8 Å². The molecule has 0 aromatic carbocycles. The van der Waals surface area contributed by atoms with Gasteiger partial charge in [0.25, 0.3) is 0 Å². The van der Waals surface area contributed by atoms with Crippen molar-refractivity contribution in [2.24, 2.45) is 5.92 Å². The maximum absolute atomic E-state index is 11.7. The number of morpholine rings is 1. The van der Waals surface area contributed by atoms with E-state index in [1.165, 1.54) is 0 Å². The summed E-state index contributed by atoms with van der Waals surface area (Å²) < 4.78 is 5.69. The van der Waals surface area contributed by atoms with E-state index in [1.54, 1.807) is 0 Å². The van der Waals surface area contributed by atoms with Crippen LogP contribution >= 0.6 is 0 Å². The van der Waals surface area contributed by atoms with Crippen molar-refractivity contribution in [3.63, 3.8) is 0 Å². The minimum atomic E-state index is 0.106. The number of carbonyl (C=O) groups is 1. The summed E-state index contributed by atoms with van der Waals surface area (Å²) in [6, 6.07) is 0. The Bertz CT molecular complexity index is 272. The van der Waals surface area contributed by atoms with Crippen molar-refractivity contribution in [3.05, 3.63) is 0 Å². The van der Waals surface area contributed by atoms with E-state index in [9.17, 15) is 4.79 Å². The largest absolute Gasteiger partial charge is 0.396 e. The number of likely N-dealkylation sites (N-methyl/N-ethyl adjacent to an activating group) is 1. The van der Waals surface area contributed by atoms with Crippen LogP contribution in [0.1, 0.15) is 13.3 Å². The molecular weight excluding hydrogens is 220 g/mol. The van der Waals surface area contributed by atoms with Gasteiger partial charge in [-0.3, -0.25) is 9.69 Å². The van der Waals surface area contributed by atoms with Gasteiger partial charge in [-0.2, -0.15) is 0 Å². The highest BCUT2D eigenvalue weighted by atomic mass is 16.5. The van der Waals surface area contributed by atoms with Crippen LogP contribution < -0.4 is 0 Å². The second-order valence-corrected chi connectivity index (χ2v) is 4.94. The van der Waals surface area contributed by atoms with Crippen LogP contribution in [0.4, 0.5) is 0 Å². The lowest BCUT2D eigenvalue weighted by atomic mass is 10.1. The summed E-state index contributed by atoms with van der Waals surface area (Å²) in [5.41, 5.74) is 0. The third-order valence-corrected chi connectivity index (χ3v) is 3.65. The first-order valence-corrected chi connectivity index (χ1v) is 6.45. The summed E-state index contributed by atoms with van der Waals surface area (Å²) in [6.07, 6.45) is 0.617. The molecule has 17 heavy (non-hydrogen) atoms. The van der Waals surface area contributed by atoms with Crippen LogP contribution in [0.15, 0.2) is 0 Å². The minimum Gasteiger partial charge on any atom is -0.396 e. The van der Waals surface area contributed by atoms with Gasteiger partial charge in [0.2, 0.25) is 5.91 Å². The Morgan fingerprint density at radius 1 is 1.47 bits per heavy atom. The Hall–Kier alpha value is -0.650. The Balaban J connectivity index is 1.82. The molecular formula is C12H22N2O3. The summed E-state index contributed by atoms with van der Waals surface area (Å²) in [6.45, 7) is 7.29. The van der Waals surface area contributed by atoms with Crippen LogP contribution in [0.5, 0.6) is 0 Å². The number of likely N-dealkylation sites (tertiary alicyclic amines) is 1. The molecule has 2 aliphatic heterocycles. The van der Waals surface area contributed by atoms with Gasteiger partial charge >= 0.3 is 0 Å². The molecule has 1 N–H and O–H groups in total. The number of hydrogen-bond donors (Lipinski definition) is 1. The number of nitrogens with zero attached hydrogens (tertiary/aromatic N) is 2. The van der Waals surface area contributed by atoms with E-state index in [-0.39, 0.29) is 24.5 Å². The van der Waals surface area contributed by atoms with Crippen LogP contribution in [0.2, 0.25) is 0 Å². The Morgan fingerprint density at radius 2 is 2.29 bits per heavy atom. The Kier molecular flexibility index (Phi) is 4.36. The van der Waals surface area contributed by atoms with Crippen molar-refractivity contribution in [1.29, 1.82) is 0 Å². The molecule has 2 rings (SSSR count). The summed E-state index contributed by atoms with van der Waals surface area (Å²) in [4.78, 5) is 15.9. The molecule has 2 atom stereocenters. The number of rotatable bonds is 4. The van der Waals surface area contributed by atoms with E-state index in [0.29, 0.717) is 19.5 Å². The molecule has 2 aliphatic rings. The molecule has 0 saturated carbocycles. The Labute approximate surface area is 102 Å². The minimum absolute atomic E-state index is 0.106. The average molecular weight is 242 g/mol. The molecule has 0 aromatic rings. The van der Waals surface area contributed by atoms with Gasteiger partial charge in [-0.25, -0.2) is 0 Å². The molecule has 2 unspecified atom stereocenters. The molecule has 5 heteroatoms. The third-order valence-electron chi connectivity index (χ3n) is 3.65. The monoisotopic (exact) mass is 242 g/mol. The predicted molar refractivity (Wildman–Crippen MR) is 63.6 cm³/mol. The van der Waals surface area contributed by atoms with E-state index < -0.39 is 0 Å². The molecule has 0 aromatic heterocycles. The molecule has 0 bridgehead atoms. The topological polar surface area (TPSA) is 53.0 Å². The number of aliphatic hydroxyl groups excluding tert-OH is 1. The summed E-state index contributed by atoms with van der Waals surface area (Å²) >= 11 is 0. The fourth-order valence-electron chi connectivity index (χ4n) is 2.58. The smallest absolute Gasteiger partial charge is 0.223 e. The molecule has 0 radical (unpaired) electrons. The lowest BCUT2D eigenvalue weighted by molar-refractivity contribution is -0.130. The third kappa shape index (κ3) is 3.18. The molecule has 1 amide bonds. The fourth-order valence-corrected chi connectivity index (χ4v) is 2.58. The first-order valence-electron chi connectivity index (χ1n) is 6.45. The predicted octanol–water partition coefficient (Wildman–Crippen LogP) is -0.452. The van der Waals surface area contributed by atoms with Crippen LogP contribution in [0.25, 0.3) is 0 Å². The molecule has 2 heterocycles. The lowest BCUT2D eigenvalue weighted by Gasteiger charge is -2.34. The number of hydrogen-bond acceptors (Lipinski definition) is 4. The lowest BCUT2D eigenvalue weighted by Crippen LogP contribution is -2.47. The molecule has 0 spiro atoms. The highest BCUT2D eigenvalue weighted by molar-refractivity contribution is 5.78. The maximum Gasteiger partial charge on any atom is 0.223 e. The van der Waals surface area contributed by atoms with Crippen LogP contribution in [-0.2, 0) is 9.53 Å².